The lowest BCUT2D eigenvalue weighted by atomic mass is 9.84. The summed E-state index contributed by atoms with van der Waals surface area (Å²) >= 11 is 3.10. The van der Waals surface area contributed by atoms with Crippen molar-refractivity contribution in [2.75, 3.05) is 26.4 Å². The molecule has 0 bridgehead atoms. The first-order chi connectivity index (χ1) is 13.0. The highest BCUT2D eigenvalue weighted by Gasteiger charge is 2.42. The molecule has 8 heteroatoms. The number of nitrogens with zero attached hydrogens (tertiary/aromatic N) is 2. The quantitative estimate of drug-likeness (QED) is 0.726. The summed E-state index contributed by atoms with van der Waals surface area (Å²) in [5.41, 5.74) is 0.400. The minimum absolute atomic E-state index is 0.0418. The average molecular weight is 408 g/mol. The van der Waals surface area contributed by atoms with Crippen LogP contribution >= 0.6 is 23.1 Å². The van der Waals surface area contributed by atoms with Crippen LogP contribution in [0, 0.1) is 5.41 Å². The van der Waals surface area contributed by atoms with E-state index >= 15 is 0 Å². The molecule has 2 amide bonds. The van der Waals surface area contributed by atoms with Crippen molar-refractivity contribution in [1.29, 1.82) is 0 Å². The Bertz CT molecular complexity index is 765. The lowest BCUT2D eigenvalue weighted by Gasteiger charge is -2.30. The van der Waals surface area contributed by atoms with Crippen LogP contribution in [0.5, 0.6) is 0 Å². The molecule has 3 rings (SSSR count). The van der Waals surface area contributed by atoms with Gasteiger partial charge in [0.15, 0.2) is 5.76 Å². The molecule has 6 nitrogen and oxygen atoms in total. The van der Waals surface area contributed by atoms with Crippen LogP contribution < -0.4 is 5.32 Å². The molecule has 1 fully saturated rings. The van der Waals surface area contributed by atoms with Crippen molar-refractivity contribution < 1.29 is 14.1 Å². The van der Waals surface area contributed by atoms with Crippen LogP contribution in [0.4, 0.5) is 0 Å². The van der Waals surface area contributed by atoms with Gasteiger partial charge in [0.05, 0.1) is 21.7 Å². The fraction of sp³-hybridized carbons (Fsp3) is 0.526. The van der Waals surface area contributed by atoms with Crippen LogP contribution in [0.15, 0.2) is 28.1 Å². The van der Waals surface area contributed by atoms with Gasteiger partial charge in [-0.15, -0.1) is 23.1 Å². The molecule has 0 radical (unpaired) electrons. The van der Waals surface area contributed by atoms with Crippen LogP contribution in [0.25, 0.3) is 10.6 Å². The smallest absolute Gasteiger partial charge is 0.230 e. The lowest BCUT2D eigenvalue weighted by Crippen LogP contribution is -2.46. The van der Waals surface area contributed by atoms with E-state index in [4.69, 9.17) is 4.52 Å². The highest BCUT2D eigenvalue weighted by atomic mass is 32.2. The second-order valence-electron chi connectivity index (χ2n) is 7.12. The Morgan fingerprint density at radius 3 is 2.81 bits per heavy atom. The van der Waals surface area contributed by atoms with E-state index in [0.717, 1.165) is 42.0 Å². The van der Waals surface area contributed by atoms with Gasteiger partial charge in [-0.2, -0.15) is 0 Å². The molecular formula is C19H25N3O3S2. The maximum Gasteiger partial charge on any atom is 0.230 e. The van der Waals surface area contributed by atoms with Crippen LogP contribution in [0.2, 0.25) is 0 Å². The number of carbonyl (C=O) groups is 2. The summed E-state index contributed by atoms with van der Waals surface area (Å²) in [5, 5.41) is 9.02. The van der Waals surface area contributed by atoms with Gasteiger partial charge in [-0.05, 0) is 24.3 Å². The van der Waals surface area contributed by atoms with Gasteiger partial charge in [-0.1, -0.05) is 24.1 Å². The third kappa shape index (κ3) is 4.93. The van der Waals surface area contributed by atoms with Gasteiger partial charge < -0.3 is 14.7 Å². The van der Waals surface area contributed by atoms with Crippen molar-refractivity contribution in [3.63, 3.8) is 0 Å². The molecule has 0 spiro atoms. The Morgan fingerprint density at radius 2 is 2.15 bits per heavy atom. The van der Waals surface area contributed by atoms with Gasteiger partial charge >= 0.3 is 0 Å². The first kappa shape index (κ1) is 19.9. The molecular weight excluding hydrogens is 382 g/mol. The number of hydrogen-bond acceptors (Lipinski definition) is 6. The molecule has 1 aliphatic rings. The van der Waals surface area contributed by atoms with Gasteiger partial charge in [-0.3, -0.25) is 9.59 Å². The standard InChI is InChI=1S/C19H25N3O3S2/c1-22(2)18(24)19(7-3-4-8-19)13-20-17(23)12-26-11-14-10-15(25-21-14)16-6-5-9-27-16/h5-6,9-10H,3-4,7-8,11-13H2,1-2H3,(H,20,23). The van der Waals surface area contributed by atoms with Crippen LogP contribution in [0.1, 0.15) is 31.4 Å². The molecule has 0 unspecified atom stereocenters. The summed E-state index contributed by atoms with van der Waals surface area (Å²) in [6, 6.07) is 5.88. The SMILES string of the molecule is CN(C)C(=O)C1(CNC(=O)CSCc2cc(-c3cccs3)on2)CCCC1. The Kier molecular flexibility index (Phi) is 6.59. The molecule has 0 aliphatic heterocycles. The lowest BCUT2D eigenvalue weighted by molar-refractivity contribution is -0.139. The first-order valence-electron chi connectivity index (χ1n) is 9.06. The summed E-state index contributed by atoms with van der Waals surface area (Å²) in [7, 11) is 3.56. The minimum Gasteiger partial charge on any atom is -0.355 e. The summed E-state index contributed by atoms with van der Waals surface area (Å²) in [4.78, 5) is 27.4. The van der Waals surface area contributed by atoms with Crippen LogP contribution in [-0.2, 0) is 15.3 Å². The summed E-state index contributed by atoms with van der Waals surface area (Å²) in [6.45, 7) is 0.426. The topological polar surface area (TPSA) is 75.4 Å². The highest BCUT2D eigenvalue weighted by molar-refractivity contribution is 7.99. The predicted octanol–water partition coefficient (Wildman–Crippen LogP) is 3.40. The normalized spacial score (nSPS) is 15.6. The van der Waals surface area contributed by atoms with Crippen molar-refractivity contribution in [1.82, 2.24) is 15.4 Å². The van der Waals surface area contributed by atoms with Gasteiger partial charge in [0.2, 0.25) is 11.8 Å². The number of aromatic nitrogens is 1. The molecule has 2 heterocycles. The summed E-state index contributed by atoms with van der Waals surface area (Å²) < 4.78 is 5.35. The second kappa shape index (κ2) is 8.93. The second-order valence-corrected chi connectivity index (χ2v) is 9.05. The number of rotatable bonds is 8. The van der Waals surface area contributed by atoms with Gasteiger partial charge in [0.25, 0.3) is 0 Å². The monoisotopic (exact) mass is 407 g/mol. The van der Waals surface area contributed by atoms with Gasteiger partial charge in [0, 0.05) is 32.5 Å². The predicted molar refractivity (Wildman–Crippen MR) is 109 cm³/mol. The summed E-state index contributed by atoms with van der Waals surface area (Å²) in [5.74, 6) is 1.80. The number of hydrogen-bond donors (Lipinski definition) is 1. The first-order valence-corrected chi connectivity index (χ1v) is 11.1. The van der Waals surface area contributed by atoms with Crippen LogP contribution in [0.3, 0.4) is 0 Å². The Hall–Kier alpha value is -1.80. The van der Waals surface area contributed by atoms with Crippen molar-refractivity contribution >= 4 is 34.9 Å². The van der Waals surface area contributed by atoms with Crippen molar-refractivity contribution in [2.24, 2.45) is 5.41 Å². The number of nitrogens with one attached hydrogen (secondary N) is 1. The average Bonchev–Trinajstić information content (AvgIpc) is 3.40. The van der Waals surface area contributed by atoms with Gasteiger partial charge in [-0.25, -0.2) is 0 Å². The molecule has 2 aromatic heterocycles. The molecule has 0 aromatic carbocycles. The fourth-order valence-electron chi connectivity index (χ4n) is 3.47. The maximum atomic E-state index is 12.5. The van der Waals surface area contributed by atoms with E-state index < -0.39 is 5.41 Å². The minimum atomic E-state index is -0.425. The molecule has 1 aliphatic carbocycles. The van der Waals surface area contributed by atoms with E-state index in [1.54, 1.807) is 30.3 Å². The molecule has 1 saturated carbocycles. The van der Waals surface area contributed by atoms with Crippen molar-refractivity contribution in [3.05, 3.63) is 29.3 Å². The van der Waals surface area contributed by atoms with Crippen molar-refractivity contribution in [3.8, 4) is 10.6 Å². The number of carbonyl (C=O) groups excluding carboxylic acids is 2. The number of thiophene rings is 1. The van der Waals surface area contributed by atoms with Crippen LogP contribution in [-0.4, -0.2) is 48.3 Å². The Balaban J connectivity index is 1.44. The molecule has 1 N–H and O–H groups in total. The zero-order chi connectivity index (χ0) is 19.3. The van der Waals surface area contributed by atoms with E-state index in [-0.39, 0.29) is 11.8 Å². The number of amides is 2. The fourth-order valence-corrected chi connectivity index (χ4v) is 4.88. The molecule has 0 saturated heterocycles. The third-order valence-electron chi connectivity index (χ3n) is 4.85. The molecule has 2 aromatic rings. The van der Waals surface area contributed by atoms with Crippen molar-refractivity contribution in [2.45, 2.75) is 31.4 Å². The Morgan fingerprint density at radius 1 is 1.37 bits per heavy atom. The van der Waals surface area contributed by atoms with E-state index in [1.807, 2.05) is 23.6 Å². The third-order valence-corrected chi connectivity index (χ3v) is 6.70. The highest BCUT2D eigenvalue weighted by Crippen LogP contribution is 2.39. The van der Waals surface area contributed by atoms with E-state index in [1.165, 1.54) is 11.8 Å². The largest absolute Gasteiger partial charge is 0.355 e. The van der Waals surface area contributed by atoms with E-state index in [0.29, 0.717) is 18.1 Å². The Labute approximate surface area is 167 Å². The summed E-state index contributed by atoms with van der Waals surface area (Å²) in [6.07, 6.45) is 3.79. The zero-order valence-corrected chi connectivity index (χ0v) is 17.3. The zero-order valence-electron chi connectivity index (χ0n) is 15.7. The molecule has 27 heavy (non-hydrogen) atoms. The van der Waals surface area contributed by atoms with Gasteiger partial charge in [0.1, 0.15) is 0 Å². The molecule has 0 atom stereocenters. The van der Waals surface area contributed by atoms with E-state index in [9.17, 15) is 9.59 Å². The van der Waals surface area contributed by atoms with E-state index in [2.05, 4.69) is 10.5 Å². The number of thioether (sulfide) groups is 1. The molecule has 146 valence electrons. The maximum absolute atomic E-state index is 12.5.